The summed E-state index contributed by atoms with van der Waals surface area (Å²) in [5.74, 6) is 1.48. The molecule has 0 aromatic heterocycles. The molecule has 0 aliphatic carbocycles. The Morgan fingerprint density at radius 2 is 2.11 bits per heavy atom. The number of ether oxygens (including phenoxy) is 3. The lowest BCUT2D eigenvalue weighted by atomic mass is 9.68. The number of hydrogen-bond donors (Lipinski definition) is 0. The first-order chi connectivity index (χ1) is 9.21. The maximum absolute atomic E-state index is 9.40. The van der Waals surface area contributed by atoms with Crippen LogP contribution < -0.4 is 9.47 Å². The third-order valence-electron chi connectivity index (χ3n) is 3.89. The molecule has 0 N–H and O–H groups in total. The van der Waals surface area contributed by atoms with Crippen LogP contribution >= 0.6 is 0 Å². The van der Waals surface area contributed by atoms with Crippen molar-refractivity contribution in [1.29, 1.82) is 5.26 Å². The van der Waals surface area contributed by atoms with Gasteiger partial charge in [0.05, 0.1) is 44.8 Å². The monoisotopic (exact) mass is 261 g/mol. The Morgan fingerprint density at radius 3 is 2.53 bits per heavy atom. The molecule has 1 aromatic carbocycles. The van der Waals surface area contributed by atoms with Crippen LogP contribution in [-0.2, 0) is 10.2 Å². The zero-order chi connectivity index (χ0) is 13.9. The molecule has 4 nitrogen and oxygen atoms in total. The summed E-state index contributed by atoms with van der Waals surface area (Å²) < 4.78 is 16.1. The first kappa shape index (κ1) is 13.7. The van der Waals surface area contributed by atoms with E-state index in [9.17, 15) is 5.26 Å². The molecule has 1 aromatic rings. The van der Waals surface area contributed by atoms with Gasteiger partial charge < -0.3 is 14.2 Å². The highest BCUT2D eigenvalue weighted by molar-refractivity contribution is 5.47. The summed E-state index contributed by atoms with van der Waals surface area (Å²) in [6, 6.07) is 8.12. The molecule has 0 spiro atoms. The van der Waals surface area contributed by atoms with Crippen molar-refractivity contribution < 1.29 is 14.2 Å². The van der Waals surface area contributed by atoms with E-state index in [2.05, 4.69) is 6.07 Å². The minimum atomic E-state index is -0.274. The van der Waals surface area contributed by atoms with Crippen molar-refractivity contribution in [2.75, 3.05) is 27.4 Å². The van der Waals surface area contributed by atoms with Gasteiger partial charge in [-0.25, -0.2) is 0 Å². The topological polar surface area (TPSA) is 51.5 Å². The van der Waals surface area contributed by atoms with Gasteiger partial charge in [0.25, 0.3) is 0 Å². The molecule has 1 saturated heterocycles. The summed E-state index contributed by atoms with van der Waals surface area (Å²) in [6.45, 7) is 3.14. The van der Waals surface area contributed by atoms with Crippen molar-refractivity contribution >= 4 is 0 Å². The molecule has 19 heavy (non-hydrogen) atoms. The Labute approximate surface area is 113 Å². The van der Waals surface area contributed by atoms with Gasteiger partial charge in [-0.1, -0.05) is 6.92 Å². The van der Waals surface area contributed by atoms with Crippen molar-refractivity contribution in [3.63, 3.8) is 0 Å². The van der Waals surface area contributed by atoms with Crippen LogP contribution in [0.25, 0.3) is 0 Å². The Morgan fingerprint density at radius 1 is 1.37 bits per heavy atom. The predicted molar refractivity (Wildman–Crippen MR) is 71.4 cm³/mol. The lowest BCUT2D eigenvalue weighted by molar-refractivity contribution is -0.0814. The molecule has 0 amide bonds. The summed E-state index contributed by atoms with van der Waals surface area (Å²) in [4.78, 5) is 0. The van der Waals surface area contributed by atoms with Gasteiger partial charge >= 0.3 is 0 Å². The molecule has 0 saturated carbocycles. The Kier molecular flexibility index (Phi) is 3.96. The van der Waals surface area contributed by atoms with Gasteiger partial charge in [0, 0.05) is 5.56 Å². The zero-order valence-corrected chi connectivity index (χ0v) is 11.6. The molecule has 1 aliphatic heterocycles. The molecular formula is C15H19NO3. The number of methoxy groups -OCH3 is 2. The third-order valence-corrected chi connectivity index (χ3v) is 3.89. The van der Waals surface area contributed by atoms with Crippen molar-refractivity contribution in [3.05, 3.63) is 23.8 Å². The van der Waals surface area contributed by atoms with E-state index in [0.717, 1.165) is 23.5 Å². The molecule has 1 fully saturated rings. The number of nitrogens with zero attached hydrogens (tertiary/aromatic N) is 1. The summed E-state index contributed by atoms with van der Waals surface area (Å²) in [7, 11) is 3.28. The van der Waals surface area contributed by atoms with Crippen LogP contribution in [0.1, 0.15) is 18.9 Å². The van der Waals surface area contributed by atoms with Crippen molar-refractivity contribution in [2.45, 2.75) is 18.8 Å². The fourth-order valence-electron chi connectivity index (χ4n) is 2.68. The average Bonchev–Trinajstić information content (AvgIpc) is 2.42. The minimum absolute atomic E-state index is 0.0812. The molecule has 1 atom stereocenters. The van der Waals surface area contributed by atoms with E-state index in [1.807, 2.05) is 25.1 Å². The second-order valence-corrected chi connectivity index (χ2v) is 4.81. The number of benzene rings is 1. The van der Waals surface area contributed by atoms with E-state index in [1.165, 1.54) is 0 Å². The average molecular weight is 261 g/mol. The van der Waals surface area contributed by atoms with E-state index in [0.29, 0.717) is 13.2 Å². The molecule has 0 bridgehead atoms. The quantitative estimate of drug-likeness (QED) is 0.817. The van der Waals surface area contributed by atoms with Gasteiger partial charge in [0.2, 0.25) is 0 Å². The van der Waals surface area contributed by atoms with Crippen LogP contribution in [0.4, 0.5) is 0 Å². The van der Waals surface area contributed by atoms with E-state index in [4.69, 9.17) is 14.2 Å². The van der Waals surface area contributed by atoms with Crippen LogP contribution in [-0.4, -0.2) is 27.4 Å². The Hall–Kier alpha value is -1.73. The fraction of sp³-hybridized carbons (Fsp3) is 0.533. The SMILES string of the molecule is CCC(C#N)C1(c2cc(OC)ccc2OC)COC1. The molecule has 102 valence electrons. The maximum Gasteiger partial charge on any atom is 0.123 e. The van der Waals surface area contributed by atoms with Gasteiger partial charge in [-0.05, 0) is 24.6 Å². The minimum Gasteiger partial charge on any atom is -0.497 e. The molecule has 1 heterocycles. The Balaban J connectivity index is 2.51. The van der Waals surface area contributed by atoms with Gasteiger partial charge in [-0.2, -0.15) is 5.26 Å². The maximum atomic E-state index is 9.40. The van der Waals surface area contributed by atoms with E-state index < -0.39 is 0 Å². The summed E-state index contributed by atoms with van der Waals surface area (Å²) in [5.41, 5.74) is 0.734. The van der Waals surface area contributed by atoms with Crippen LogP contribution in [0, 0.1) is 17.2 Å². The zero-order valence-electron chi connectivity index (χ0n) is 11.6. The molecule has 4 heteroatoms. The van der Waals surface area contributed by atoms with Crippen molar-refractivity contribution in [1.82, 2.24) is 0 Å². The molecule has 2 rings (SSSR count). The van der Waals surface area contributed by atoms with Crippen molar-refractivity contribution in [3.8, 4) is 17.6 Å². The third kappa shape index (κ3) is 2.15. The van der Waals surface area contributed by atoms with Crippen LogP contribution in [0.15, 0.2) is 18.2 Å². The normalized spacial score (nSPS) is 18.0. The lowest BCUT2D eigenvalue weighted by Gasteiger charge is -2.45. The van der Waals surface area contributed by atoms with Gasteiger partial charge in [-0.3, -0.25) is 0 Å². The summed E-state index contributed by atoms with van der Waals surface area (Å²) >= 11 is 0. The van der Waals surface area contributed by atoms with Gasteiger partial charge in [0.1, 0.15) is 11.5 Å². The Bertz CT molecular complexity index is 489. The smallest absolute Gasteiger partial charge is 0.123 e. The number of rotatable bonds is 5. The first-order valence-corrected chi connectivity index (χ1v) is 6.41. The molecule has 1 unspecified atom stereocenters. The summed E-state index contributed by atoms with van der Waals surface area (Å²) in [6.07, 6.45) is 0.792. The van der Waals surface area contributed by atoms with Crippen LogP contribution in [0.2, 0.25) is 0 Å². The van der Waals surface area contributed by atoms with Crippen molar-refractivity contribution in [2.24, 2.45) is 5.92 Å². The molecule has 1 aliphatic rings. The number of nitriles is 1. The molecular weight excluding hydrogens is 242 g/mol. The lowest BCUT2D eigenvalue weighted by Crippen LogP contribution is -2.52. The summed E-state index contributed by atoms with van der Waals surface area (Å²) in [5, 5.41) is 9.40. The van der Waals surface area contributed by atoms with E-state index in [-0.39, 0.29) is 11.3 Å². The highest BCUT2D eigenvalue weighted by Gasteiger charge is 2.48. The van der Waals surface area contributed by atoms with Gasteiger partial charge in [-0.15, -0.1) is 0 Å². The fourth-order valence-corrected chi connectivity index (χ4v) is 2.68. The van der Waals surface area contributed by atoms with E-state index in [1.54, 1.807) is 14.2 Å². The first-order valence-electron chi connectivity index (χ1n) is 6.41. The highest BCUT2D eigenvalue weighted by Crippen LogP contribution is 2.45. The highest BCUT2D eigenvalue weighted by atomic mass is 16.5. The largest absolute Gasteiger partial charge is 0.497 e. The molecule has 0 radical (unpaired) electrons. The van der Waals surface area contributed by atoms with Gasteiger partial charge in [0.15, 0.2) is 0 Å². The second-order valence-electron chi connectivity index (χ2n) is 4.81. The standard InChI is InChI=1S/C15H19NO3/c1-4-11(8-16)15(9-19-10-15)13-7-12(17-2)5-6-14(13)18-3/h5-7,11H,4,9-10H2,1-3H3. The predicted octanol–water partition coefficient (Wildman–Crippen LogP) is 2.52. The van der Waals surface area contributed by atoms with E-state index >= 15 is 0 Å². The number of hydrogen-bond acceptors (Lipinski definition) is 4. The van der Waals surface area contributed by atoms with Crippen LogP contribution in [0.5, 0.6) is 11.5 Å². The second kappa shape index (κ2) is 5.50. The van der Waals surface area contributed by atoms with Crippen LogP contribution in [0.3, 0.4) is 0 Å².